The molecule has 0 atom stereocenters. The van der Waals surface area contributed by atoms with E-state index in [1.54, 1.807) is 18.0 Å². The first kappa shape index (κ1) is 12.4. The Kier molecular flexibility index (Phi) is 3.50. The lowest BCUT2D eigenvalue weighted by molar-refractivity contribution is -0.128. The van der Waals surface area contributed by atoms with Crippen LogP contribution in [0.1, 0.15) is 12.8 Å². The lowest BCUT2D eigenvalue weighted by atomic mass is 10.4. The fourth-order valence-electron chi connectivity index (χ4n) is 2.02. The number of nitrogens with two attached hydrogens (primary N) is 2. The summed E-state index contributed by atoms with van der Waals surface area (Å²) in [7, 11) is 1.79. The van der Waals surface area contributed by atoms with E-state index in [0.717, 1.165) is 25.9 Å². The van der Waals surface area contributed by atoms with E-state index in [2.05, 4.69) is 9.97 Å². The van der Waals surface area contributed by atoms with E-state index in [4.69, 9.17) is 11.5 Å². The number of likely N-dealkylation sites (tertiary alicyclic amines) is 1. The molecule has 0 unspecified atom stereocenters. The highest BCUT2D eigenvalue weighted by Crippen LogP contribution is 2.14. The van der Waals surface area contributed by atoms with E-state index < -0.39 is 0 Å². The van der Waals surface area contributed by atoms with Gasteiger partial charge >= 0.3 is 0 Å². The second kappa shape index (κ2) is 5.07. The van der Waals surface area contributed by atoms with Gasteiger partial charge in [0.25, 0.3) is 0 Å². The Balaban J connectivity index is 2.02. The minimum Gasteiger partial charge on any atom is -0.383 e. The van der Waals surface area contributed by atoms with E-state index in [1.165, 1.54) is 0 Å². The number of carbonyl (C=O) groups is 1. The number of likely N-dealkylation sites (N-methyl/N-ethyl adjacent to an activating group) is 1. The fourth-order valence-corrected chi connectivity index (χ4v) is 2.02. The molecule has 1 fully saturated rings. The van der Waals surface area contributed by atoms with Gasteiger partial charge in [-0.3, -0.25) is 4.79 Å². The van der Waals surface area contributed by atoms with Gasteiger partial charge in [-0.15, -0.1) is 0 Å². The Morgan fingerprint density at radius 1 is 1.39 bits per heavy atom. The summed E-state index contributed by atoms with van der Waals surface area (Å²) in [4.78, 5) is 23.4. The first-order chi connectivity index (χ1) is 8.56. The van der Waals surface area contributed by atoms with Gasteiger partial charge in [0.2, 0.25) is 11.9 Å². The molecule has 1 amide bonds. The molecule has 1 aliphatic rings. The second-order valence-electron chi connectivity index (χ2n) is 4.45. The van der Waals surface area contributed by atoms with Gasteiger partial charge < -0.3 is 21.3 Å². The molecule has 1 saturated heterocycles. The molecule has 0 bridgehead atoms. The quantitative estimate of drug-likeness (QED) is 0.763. The van der Waals surface area contributed by atoms with Crippen LogP contribution in [0.2, 0.25) is 0 Å². The number of anilines is 3. The Labute approximate surface area is 106 Å². The van der Waals surface area contributed by atoms with E-state index in [-0.39, 0.29) is 18.4 Å². The van der Waals surface area contributed by atoms with Crippen LogP contribution in [0.4, 0.5) is 17.6 Å². The van der Waals surface area contributed by atoms with Gasteiger partial charge in [-0.1, -0.05) is 0 Å². The van der Waals surface area contributed by atoms with E-state index in [1.807, 2.05) is 4.90 Å². The molecule has 0 saturated carbocycles. The summed E-state index contributed by atoms with van der Waals surface area (Å²) in [5.74, 6) is 1.08. The number of aromatic nitrogens is 2. The van der Waals surface area contributed by atoms with Crippen molar-refractivity contribution in [2.24, 2.45) is 0 Å². The predicted molar refractivity (Wildman–Crippen MR) is 69.9 cm³/mol. The largest absolute Gasteiger partial charge is 0.383 e. The highest BCUT2D eigenvalue weighted by atomic mass is 16.2. The number of nitrogens with zero attached hydrogens (tertiary/aromatic N) is 4. The summed E-state index contributed by atoms with van der Waals surface area (Å²) in [5, 5.41) is 0. The van der Waals surface area contributed by atoms with Crippen LogP contribution in [-0.2, 0) is 4.79 Å². The maximum Gasteiger partial charge on any atom is 0.242 e. The first-order valence-electron chi connectivity index (χ1n) is 5.95. The van der Waals surface area contributed by atoms with Gasteiger partial charge in [-0.25, -0.2) is 0 Å². The van der Waals surface area contributed by atoms with Crippen molar-refractivity contribution in [1.29, 1.82) is 0 Å². The molecule has 1 aromatic heterocycles. The summed E-state index contributed by atoms with van der Waals surface area (Å²) in [6, 6.07) is 1.60. The SMILES string of the molecule is CN(CC(=O)N1CCCC1)c1cc(N)nc(N)n1. The van der Waals surface area contributed by atoms with Crippen LogP contribution in [0.25, 0.3) is 0 Å². The van der Waals surface area contributed by atoms with Crippen LogP contribution < -0.4 is 16.4 Å². The van der Waals surface area contributed by atoms with Crippen LogP contribution in [0.15, 0.2) is 6.07 Å². The van der Waals surface area contributed by atoms with Crippen molar-refractivity contribution < 1.29 is 4.79 Å². The molecular formula is C11H18N6O. The van der Waals surface area contributed by atoms with Gasteiger partial charge in [0.05, 0.1) is 6.54 Å². The maximum absolute atomic E-state index is 12.0. The third-order valence-electron chi connectivity index (χ3n) is 2.97. The summed E-state index contributed by atoms with van der Waals surface area (Å²) in [5.41, 5.74) is 11.1. The molecular weight excluding hydrogens is 232 g/mol. The molecule has 18 heavy (non-hydrogen) atoms. The van der Waals surface area contributed by atoms with Crippen LogP contribution >= 0.6 is 0 Å². The van der Waals surface area contributed by atoms with Crippen molar-refractivity contribution in [3.05, 3.63) is 6.07 Å². The van der Waals surface area contributed by atoms with Crippen molar-refractivity contribution in [3.8, 4) is 0 Å². The second-order valence-corrected chi connectivity index (χ2v) is 4.45. The minimum atomic E-state index is 0.103. The minimum absolute atomic E-state index is 0.103. The molecule has 98 valence electrons. The normalized spacial score (nSPS) is 14.8. The van der Waals surface area contributed by atoms with E-state index in [0.29, 0.717) is 11.6 Å². The number of hydrogen-bond acceptors (Lipinski definition) is 6. The summed E-state index contributed by atoms with van der Waals surface area (Å²) in [6.07, 6.45) is 2.17. The van der Waals surface area contributed by atoms with Crippen molar-refractivity contribution in [2.45, 2.75) is 12.8 Å². The van der Waals surface area contributed by atoms with Gasteiger partial charge in [0.1, 0.15) is 11.6 Å². The number of rotatable bonds is 3. The third kappa shape index (κ3) is 2.79. The molecule has 2 heterocycles. The third-order valence-corrected chi connectivity index (χ3v) is 2.97. The fraction of sp³-hybridized carbons (Fsp3) is 0.545. The van der Waals surface area contributed by atoms with Crippen LogP contribution in [0, 0.1) is 0 Å². The first-order valence-corrected chi connectivity index (χ1v) is 5.95. The zero-order valence-electron chi connectivity index (χ0n) is 10.5. The zero-order valence-corrected chi connectivity index (χ0v) is 10.5. The van der Waals surface area contributed by atoms with Crippen molar-refractivity contribution >= 4 is 23.5 Å². The number of amides is 1. The topological polar surface area (TPSA) is 101 Å². The average molecular weight is 250 g/mol. The van der Waals surface area contributed by atoms with E-state index >= 15 is 0 Å². The molecule has 1 aromatic rings. The molecule has 7 heteroatoms. The van der Waals surface area contributed by atoms with Crippen LogP contribution in [-0.4, -0.2) is 47.5 Å². The smallest absolute Gasteiger partial charge is 0.242 e. The molecule has 0 aliphatic carbocycles. The highest BCUT2D eigenvalue weighted by molar-refractivity contribution is 5.81. The number of carbonyl (C=O) groups excluding carboxylic acids is 1. The van der Waals surface area contributed by atoms with Gasteiger partial charge in [-0.05, 0) is 12.8 Å². The van der Waals surface area contributed by atoms with Crippen LogP contribution in [0.3, 0.4) is 0 Å². The Morgan fingerprint density at radius 2 is 2.06 bits per heavy atom. The molecule has 1 aliphatic heterocycles. The molecule has 0 aromatic carbocycles. The Hall–Kier alpha value is -2.05. The van der Waals surface area contributed by atoms with Crippen LogP contribution in [0.5, 0.6) is 0 Å². The summed E-state index contributed by atoms with van der Waals surface area (Å²) < 4.78 is 0. The number of nitrogen functional groups attached to an aromatic ring is 2. The lowest BCUT2D eigenvalue weighted by Gasteiger charge is -2.22. The monoisotopic (exact) mass is 250 g/mol. The summed E-state index contributed by atoms with van der Waals surface area (Å²) >= 11 is 0. The molecule has 4 N–H and O–H groups in total. The zero-order chi connectivity index (χ0) is 13.1. The lowest BCUT2D eigenvalue weighted by Crippen LogP contribution is -2.37. The average Bonchev–Trinajstić information content (AvgIpc) is 2.80. The van der Waals surface area contributed by atoms with Gasteiger partial charge in [0.15, 0.2) is 0 Å². The molecule has 0 spiro atoms. The Bertz CT molecular complexity index is 423. The summed E-state index contributed by atoms with van der Waals surface area (Å²) in [6.45, 7) is 1.97. The molecule has 0 radical (unpaired) electrons. The van der Waals surface area contributed by atoms with Crippen molar-refractivity contribution in [2.75, 3.05) is 43.0 Å². The predicted octanol–water partition coefficient (Wildman–Crippen LogP) is -0.300. The Morgan fingerprint density at radius 3 is 2.67 bits per heavy atom. The highest BCUT2D eigenvalue weighted by Gasteiger charge is 2.19. The van der Waals surface area contributed by atoms with Crippen molar-refractivity contribution in [1.82, 2.24) is 14.9 Å². The van der Waals surface area contributed by atoms with Gasteiger partial charge in [0, 0.05) is 26.2 Å². The molecule has 7 nitrogen and oxygen atoms in total. The van der Waals surface area contributed by atoms with Gasteiger partial charge in [-0.2, -0.15) is 9.97 Å². The van der Waals surface area contributed by atoms with E-state index in [9.17, 15) is 4.79 Å². The maximum atomic E-state index is 12.0. The molecule has 2 rings (SSSR count). The standard InChI is InChI=1S/C11H18N6O/c1-16(7-10(18)17-4-2-3-5-17)9-6-8(12)14-11(13)15-9/h6H,2-5,7H2,1H3,(H4,12,13,14,15). The number of hydrogen-bond donors (Lipinski definition) is 2. The van der Waals surface area contributed by atoms with Crippen molar-refractivity contribution in [3.63, 3.8) is 0 Å².